The molecule has 0 bridgehead atoms. The SMILES string of the molecule is Cc1cc2nc3c(=O)[nH]c(=O)nc-3n(C[C@H](O)[C@H](O)[C@H](O)COP(=O)(O)O)c2cc1N(C)C. The van der Waals surface area contributed by atoms with E-state index in [-0.39, 0.29) is 11.5 Å². The van der Waals surface area contributed by atoms with Gasteiger partial charge >= 0.3 is 13.5 Å². The lowest BCUT2D eigenvalue weighted by molar-refractivity contribution is -0.0793. The van der Waals surface area contributed by atoms with Gasteiger partial charge in [-0.2, -0.15) is 4.98 Å². The van der Waals surface area contributed by atoms with Crippen molar-refractivity contribution in [3.63, 3.8) is 0 Å². The van der Waals surface area contributed by atoms with E-state index in [0.29, 0.717) is 11.0 Å². The average Bonchev–Trinajstić information content (AvgIpc) is 2.70. The predicted octanol–water partition coefficient (Wildman–Crippen LogP) is -1.85. The quantitative estimate of drug-likeness (QED) is 0.153. The maximum Gasteiger partial charge on any atom is 0.469 e. The topological polar surface area (TPSA) is 211 Å². The van der Waals surface area contributed by atoms with Crippen LogP contribution in [0.2, 0.25) is 0 Å². The van der Waals surface area contributed by atoms with Crippen LogP contribution in [0, 0.1) is 6.92 Å². The van der Waals surface area contributed by atoms with Gasteiger partial charge in [0.05, 0.1) is 24.2 Å². The molecule has 6 N–H and O–H groups in total. The van der Waals surface area contributed by atoms with Crippen molar-refractivity contribution < 1.29 is 34.2 Å². The Morgan fingerprint density at radius 2 is 1.82 bits per heavy atom. The summed E-state index contributed by atoms with van der Waals surface area (Å²) in [7, 11) is -1.29. The van der Waals surface area contributed by atoms with Crippen LogP contribution in [-0.4, -0.2) is 83.6 Å². The third kappa shape index (κ3) is 5.45. The largest absolute Gasteiger partial charge is 0.469 e. The van der Waals surface area contributed by atoms with Crippen molar-refractivity contribution in [1.82, 2.24) is 19.5 Å². The van der Waals surface area contributed by atoms with Crippen LogP contribution in [0.5, 0.6) is 0 Å². The van der Waals surface area contributed by atoms with Crippen molar-refractivity contribution in [2.75, 3.05) is 25.6 Å². The molecule has 33 heavy (non-hydrogen) atoms. The molecular weight excluding hydrogens is 461 g/mol. The lowest BCUT2D eigenvalue weighted by Gasteiger charge is -2.26. The number of benzene rings is 1. The highest BCUT2D eigenvalue weighted by Gasteiger charge is 2.30. The van der Waals surface area contributed by atoms with Gasteiger partial charge in [0, 0.05) is 19.8 Å². The first-order valence-corrected chi connectivity index (χ1v) is 11.2. The van der Waals surface area contributed by atoms with Crippen LogP contribution in [0.4, 0.5) is 5.69 Å². The summed E-state index contributed by atoms with van der Waals surface area (Å²) < 4.78 is 16.3. The molecule has 2 aliphatic rings. The Morgan fingerprint density at radius 3 is 2.42 bits per heavy atom. The normalized spacial score (nSPS) is 15.0. The monoisotopic (exact) mass is 485 g/mol. The summed E-state index contributed by atoms with van der Waals surface area (Å²) in [5, 5.41) is 30.8. The second-order valence-electron chi connectivity index (χ2n) is 7.70. The van der Waals surface area contributed by atoms with Gasteiger partial charge in [-0.05, 0) is 24.6 Å². The molecule has 15 heteroatoms. The van der Waals surface area contributed by atoms with E-state index in [1.54, 1.807) is 12.1 Å². The second kappa shape index (κ2) is 9.27. The standard InChI is InChI=1S/C18H24N5O9P/c1-8-4-9-11(5-10(8)22(2)3)23(16-14(19-9)17(27)21-18(28)20-16)6-12(24)15(26)13(25)7-32-33(29,30)31/h4-5,12-13,15,24-26H,6-7H2,1-3H3,(H,21,27,28)(H2,29,30,31)/t12-,13+,15-/m0/s1. The van der Waals surface area contributed by atoms with Gasteiger partial charge in [0.25, 0.3) is 5.56 Å². The molecule has 0 radical (unpaired) electrons. The molecule has 3 rings (SSSR count). The molecule has 0 amide bonds. The van der Waals surface area contributed by atoms with E-state index in [1.807, 2.05) is 30.9 Å². The minimum Gasteiger partial charge on any atom is -0.388 e. The van der Waals surface area contributed by atoms with Gasteiger partial charge in [-0.1, -0.05) is 0 Å². The average molecular weight is 485 g/mol. The molecule has 0 aromatic heterocycles. The number of nitrogens with zero attached hydrogens (tertiary/aromatic N) is 4. The fraction of sp³-hybridized carbons (Fsp3) is 0.444. The molecule has 0 aliphatic carbocycles. The third-order valence-corrected chi connectivity index (χ3v) is 5.47. The van der Waals surface area contributed by atoms with Crippen LogP contribution < -0.4 is 16.1 Å². The van der Waals surface area contributed by atoms with Gasteiger partial charge in [-0.3, -0.25) is 14.3 Å². The molecule has 0 saturated heterocycles. The van der Waals surface area contributed by atoms with Crippen molar-refractivity contribution in [3.8, 4) is 11.5 Å². The smallest absolute Gasteiger partial charge is 0.388 e. The number of aliphatic hydroxyl groups is 3. The maximum atomic E-state index is 12.3. The number of H-pyrrole nitrogens is 1. The lowest BCUT2D eigenvalue weighted by atomic mass is 10.1. The first-order valence-electron chi connectivity index (χ1n) is 9.65. The molecule has 3 atom stereocenters. The molecule has 180 valence electrons. The molecular formula is C18H24N5O9P. The number of nitrogens with one attached hydrogen (secondary N) is 1. The highest BCUT2D eigenvalue weighted by atomic mass is 31.2. The molecule has 0 fully saturated rings. The number of aryl methyl sites for hydroxylation is 1. The molecule has 2 heterocycles. The van der Waals surface area contributed by atoms with E-state index < -0.39 is 50.5 Å². The number of hydrogen-bond acceptors (Lipinski definition) is 10. The molecule has 14 nitrogen and oxygen atoms in total. The van der Waals surface area contributed by atoms with Gasteiger partial charge in [-0.15, -0.1) is 0 Å². The molecule has 1 aromatic rings. The summed E-state index contributed by atoms with van der Waals surface area (Å²) >= 11 is 0. The number of aromatic nitrogens is 4. The van der Waals surface area contributed by atoms with E-state index in [9.17, 15) is 29.5 Å². The van der Waals surface area contributed by atoms with Gasteiger partial charge in [0.15, 0.2) is 11.5 Å². The van der Waals surface area contributed by atoms with Gasteiger partial charge < -0.3 is 34.6 Å². The first-order chi connectivity index (χ1) is 15.3. The van der Waals surface area contributed by atoms with Crippen LogP contribution in [0.3, 0.4) is 0 Å². The van der Waals surface area contributed by atoms with E-state index in [1.165, 1.54) is 4.57 Å². The van der Waals surface area contributed by atoms with Gasteiger partial charge in [0.2, 0.25) is 0 Å². The number of aliphatic hydroxyl groups excluding tert-OH is 3. The summed E-state index contributed by atoms with van der Waals surface area (Å²) in [6.07, 6.45) is -5.45. The maximum absolute atomic E-state index is 12.3. The number of hydrogen-bond donors (Lipinski definition) is 6. The Morgan fingerprint density at radius 1 is 1.15 bits per heavy atom. The van der Waals surface area contributed by atoms with Crippen molar-refractivity contribution in [1.29, 1.82) is 0 Å². The first kappa shape index (κ1) is 24.9. The number of phosphoric acid groups is 1. The van der Waals surface area contributed by atoms with Gasteiger partial charge in [-0.25, -0.2) is 14.3 Å². The van der Waals surface area contributed by atoms with E-state index in [0.717, 1.165) is 11.3 Å². The minimum absolute atomic E-state index is 0.156. The fourth-order valence-electron chi connectivity index (χ4n) is 3.42. The third-order valence-electron chi connectivity index (χ3n) is 4.98. The van der Waals surface area contributed by atoms with E-state index in [2.05, 4.69) is 14.5 Å². The molecule has 0 saturated carbocycles. The highest BCUT2D eigenvalue weighted by molar-refractivity contribution is 7.46. The van der Waals surface area contributed by atoms with Crippen LogP contribution in [0.1, 0.15) is 5.56 Å². The zero-order valence-electron chi connectivity index (χ0n) is 17.9. The van der Waals surface area contributed by atoms with Crippen LogP contribution in [-0.2, 0) is 15.6 Å². The van der Waals surface area contributed by atoms with Crippen molar-refractivity contribution in [3.05, 3.63) is 38.5 Å². The summed E-state index contributed by atoms with van der Waals surface area (Å²) in [6.45, 7) is 0.442. The van der Waals surface area contributed by atoms with E-state index >= 15 is 0 Å². The summed E-state index contributed by atoms with van der Waals surface area (Å²) in [5.74, 6) is -0.156. The number of aromatic amines is 1. The minimum atomic E-state index is -4.91. The van der Waals surface area contributed by atoms with Crippen LogP contribution in [0.15, 0.2) is 21.7 Å². The van der Waals surface area contributed by atoms with Crippen molar-refractivity contribution in [2.45, 2.75) is 31.8 Å². The Balaban J connectivity index is 2.12. The summed E-state index contributed by atoms with van der Waals surface area (Å²) in [4.78, 5) is 53.7. The van der Waals surface area contributed by atoms with Crippen LogP contribution in [0.25, 0.3) is 22.6 Å². The van der Waals surface area contributed by atoms with Crippen molar-refractivity contribution >= 4 is 24.5 Å². The van der Waals surface area contributed by atoms with E-state index in [4.69, 9.17) is 9.79 Å². The number of phosphoric ester groups is 1. The Hall–Kier alpha value is -2.71. The summed E-state index contributed by atoms with van der Waals surface area (Å²) in [5.41, 5.74) is 0.430. The Bertz CT molecular complexity index is 1300. The Kier molecular flexibility index (Phi) is 7.00. The van der Waals surface area contributed by atoms with Gasteiger partial charge in [0.1, 0.15) is 18.3 Å². The summed E-state index contributed by atoms with van der Waals surface area (Å²) in [6, 6.07) is 3.41. The van der Waals surface area contributed by atoms with Crippen LogP contribution >= 0.6 is 7.82 Å². The predicted molar refractivity (Wildman–Crippen MR) is 116 cm³/mol. The van der Waals surface area contributed by atoms with Crippen molar-refractivity contribution in [2.24, 2.45) is 0 Å². The number of rotatable bonds is 8. The zero-order valence-corrected chi connectivity index (χ0v) is 18.8. The highest BCUT2D eigenvalue weighted by Crippen LogP contribution is 2.36. The number of fused-ring (bicyclic) bond motifs is 2. The molecule has 1 aromatic carbocycles. The second-order valence-corrected chi connectivity index (χ2v) is 8.94. The number of anilines is 1. The molecule has 2 aliphatic heterocycles. The molecule has 0 spiro atoms. The molecule has 0 unspecified atom stereocenters. The fourth-order valence-corrected chi connectivity index (χ4v) is 3.77. The Labute approximate surface area is 186 Å². The zero-order chi connectivity index (χ0) is 24.7. The lowest BCUT2D eigenvalue weighted by Crippen LogP contribution is -2.42.